The molecule has 37 heavy (non-hydrogen) atoms. The zero-order valence-corrected chi connectivity index (χ0v) is 22.1. The van der Waals surface area contributed by atoms with Crippen LogP contribution in [0.25, 0.3) is 16.4 Å². The SMILES string of the molecule is Cc1cc2c(F)c(Oc3ncnn4cc(OCCC5CCN(CCS(C)(=O)=O)CC5)c(C)c34)ccc2[nH]1. The van der Waals surface area contributed by atoms with E-state index in [2.05, 4.69) is 20.0 Å². The van der Waals surface area contributed by atoms with Gasteiger partial charge >= 0.3 is 0 Å². The number of benzene rings is 1. The van der Waals surface area contributed by atoms with Crippen LogP contribution in [0.1, 0.15) is 30.5 Å². The van der Waals surface area contributed by atoms with Crippen molar-refractivity contribution in [2.24, 2.45) is 5.92 Å². The lowest BCUT2D eigenvalue weighted by Gasteiger charge is -2.31. The zero-order chi connectivity index (χ0) is 26.2. The number of H-pyrrole nitrogens is 1. The highest BCUT2D eigenvalue weighted by atomic mass is 32.2. The number of hydrogen-bond donors (Lipinski definition) is 1. The normalized spacial score (nSPS) is 15.6. The fourth-order valence-electron chi connectivity index (χ4n) is 4.93. The number of halogens is 1. The lowest BCUT2D eigenvalue weighted by molar-refractivity contribution is 0.169. The summed E-state index contributed by atoms with van der Waals surface area (Å²) in [7, 11) is -2.93. The number of aryl methyl sites for hydroxylation is 2. The van der Waals surface area contributed by atoms with E-state index in [0.29, 0.717) is 41.2 Å². The molecular weight excluding hydrogens is 497 g/mol. The Morgan fingerprint density at radius 2 is 1.97 bits per heavy atom. The Labute approximate surface area is 215 Å². The molecule has 0 bridgehead atoms. The van der Waals surface area contributed by atoms with Gasteiger partial charge in [0.05, 0.1) is 18.6 Å². The molecule has 5 rings (SSSR count). The van der Waals surface area contributed by atoms with E-state index in [1.54, 1.807) is 28.9 Å². The van der Waals surface area contributed by atoms with E-state index in [9.17, 15) is 8.42 Å². The number of likely N-dealkylation sites (tertiary alicyclic amines) is 1. The van der Waals surface area contributed by atoms with Gasteiger partial charge in [0.15, 0.2) is 11.6 Å². The van der Waals surface area contributed by atoms with Gasteiger partial charge in [-0.3, -0.25) is 0 Å². The minimum absolute atomic E-state index is 0.0954. The highest BCUT2D eigenvalue weighted by Gasteiger charge is 2.21. The largest absolute Gasteiger partial charge is 0.492 e. The molecule has 9 nitrogen and oxygen atoms in total. The molecule has 1 saturated heterocycles. The maximum atomic E-state index is 15.1. The van der Waals surface area contributed by atoms with Gasteiger partial charge < -0.3 is 19.4 Å². The van der Waals surface area contributed by atoms with Crippen molar-refractivity contribution in [3.63, 3.8) is 0 Å². The predicted octanol–water partition coefficient (Wildman–Crippen LogP) is 4.28. The molecule has 1 fully saturated rings. The first-order valence-corrected chi connectivity index (χ1v) is 14.6. The minimum Gasteiger partial charge on any atom is -0.492 e. The molecule has 3 aromatic heterocycles. The lowest BCUT2D eigenvalue weighted by atomic mass is 9.94. The number of piperidine rings is 1. The van der Waals surface area contributed by atoms with Crippen LogP contribution in [0.2, 0.25) is 0 Å². The van der Waals surface area contributed by atoms with Gasteiger partial charge in [0.25, 0.3) is 0 Å². The number of aromatic amines is 1. The van der Waals surface area contributed by atoms with E-state index >= 15 is 4.39 Å². The molecule has 4 heterocycles. The lowest BCUT2D eigenvalue weighted by Crippen LogP contribution is -2.37. The van der Waals surface area contributed by atoms with Crippen molar-refractivity contribution in [1.82, 2.24) is 24.5 Å². The molecule has 0 atom stereocenters. The number of fused-ring (bicyclic) bond motifs is 2. The second-order valence-corrected chi connectivity index (χ2v) is 12.2. The number of sulfone groups is 1. The summed E-state index contributed by atoms with van der Waals surface area (Å²) in [5.41, 5.74) is 3.04. The van der Waals surface area contributed by atoms with E-state index in [1.165, 1.54) is 12.6 Å². The molecule has 0 unspecified atom stereocenters. The number of nitrogens with zero attached hydrogens (tertiary/aromatic N) is 4. The summed E-state index contributed by atoms with van der Waals surface area (Å²) >= 11 is 0. The van der Waals surface area contributed by atoms with Crippen LogP contribution in [0.4, 0.5) is 4.39 Å². The van der Waals surface area contributed by atoms with Gasteiger partial charge in [0.2, 0.25) is 5.88 Å². The zero-order valence-electron chi connectivity index (χ0n) is 21.3. The van der Waals surface area contributed by atoms with Crippen molar-refractivity contribution in [2.45, 2.75) is 33.1 Å². The number of ether oxygens (including phenoxy) is 2. The van der Waals surface area contributed by atoms with Crippen molar-refractivity contribution in [3.8, 4) is 17.4 Å². The van der Waals surface area contributed by atoms with Crippen molar-refractivity contribution < 1.29 is 22.3 Å². The summed E-state index contributed by atoms with van der Waals surface area (Å²) in [4.78, 5) is 9.61. The highest BCUT2D eigenvalue weighted by molar-refractivity contribution is 7.90. The summed E-state index contributed by atoms with van der Waals surface area (Å²) in [6, 6.07) is 5.13. The maximum absolute atomic E-state index is 15.1. The summed E-state index contributed by atoms with van der Waals surface area (Å²) in [6.45, 7) is 6.79. The molecule has 11 heteroatoms. The fourth-order valence-corrected chi connectivity index (χ4v) is 5.52. The third-order valence-electron chi connectivity index (χ3n) is 7.06. The smallest absolute Gasteiger partial charge is 0.247 e. The Bertz CT molecular complexity index is 1520. The van der Waals surface area contributed by atoms with Gasteiger partial charge in [0.1, 0.15) is 27.4 Å². The van der Waals surface area contributed by atoms with Crippen LogP contribution in [0.15, 0.2) is 30.7 Å². The Kier molecular flexibility index (Phi) is 7.09. The summed E-state index contributed by atoms with van der Waals surface area (Å²) in [6.07, 6.45) is 7.43. The number of aromatic nitrogens is 4. The third-order valence-corrected chi connectivity index (χ3v) is 7.98. The molecule has 1 aliphatic heterocycles. The quantitative estimate of drug-likeness (QED) is 0.345. The monoisotopic (exact) mass is 529 g/mol. The highest BCUT2D eigenvalue weighted by Crippen LogP contribution is 2.35. The topological polar surface area (TPSA) is 102 Å². The molecule has 0 spiro atoms. The fraction of sp³-hybridized carbons (Fsp3) is 0.462. The first-order chi connectivity index (χ1) is 17.7. The Balaban J connectivity index is 1.22. The molecule has 1 aromatic carbocycles. The predicted molar refractivity (Wildman–Crippen MR) is 140 cm³/mol. The molecule has 4 aromatic rings. The first-order valence-electron chi connectivity index (χ1n) is 12.5. The average molecular weight is 530 g/mol. The van der Waals surface area contributed by atoms with Crippen LogP contribution in [0, 0.1) is 25.6 Å². The van der Waals surface area contributed by atoms with Gasteiger partial charge in [-0.2, -0.15) is 10.1 Å². The Morgan fingerprint density at radius 1 is 1.19 bits per heavy atom. The number of rotatable bonds is 9. The third kappa shape index (κ3) is 5.72. The average Bonchev–Trinajstić information content (AvgIpc) is 3.40. The maximum Gasteiger partial charge on any atom is 0.247 e. The van der Waals surface area contributed by atoms with Crippen LogP contribution in [0.5, 0.6) is 17.4 Å². The van der Waals surface area contributed by atoms with E-state index in [0.717, 1.165) is 43.6 Å². The van der Waals surface area contributed by atoms with Crippen LogP contribution >= 0.6 is 0 Å². The van der Waals surface area contributed by atoms with Crippen LogP contribution in [0.3, 0.4) is 0 Å². The summed E-state index contributed by atoms with van der Waals surface area (Å²) in [5, 5.41) is 4.75. The van der Waals surface area contributed by atoms with Gasteiger partial charge in [-0.15, -0.1) is 0 Å². The standard InChI is InChI=1S/C26H32FN5O4S/c1-17-14-20-21(30-17)4-5-22(24(20)27)36-26-25-18(2)23(15-32(25)29-16-28-26)35-12-8-19-6-9-31(10-7-19)11-13-37(3,33)34/h4-5,14-16,19,30H,6-13H2,1-3H3. The molecule has 0 amide bonds. The van der Waals surface area contributed by atoms with Crippen LogP contribution < -0.4 is 9.47 Å². The molecule has 1 N–H and O–H groups in total. The van der Waals surface area contributed by atoms with Gasteiger partial charge in [0, 0.05) is 35.0 Å². The number of hydrogen-bond acceptors (Lipinski definition) is 7. The van der Waals surface area contributed by atoms with Gasteiger partial charge in [-0.25, -0.2) is 17.3 Å². The molecule has 198 valence electrons. The minimum atomic E-state index is -2.93. The van der Waals surface area contributed by atoms with E-state index < -0.39 is 15.7 Å². The molecule has 0 saturated carbocycles. The van der Waals surface area contributed by atoms with Crippen molar-refractivity contribution in [2.75, 3.05) is 38.2 Å². The molecular formula is C26H32FN5O4S. The molecule has 0 radical (unpaired) electrons. The van der Waals surface area contributed by atoms with Crippen molar-refractivity contribution in [1.29, 1.82) is 0 Å². The second-order valence-electron chi connectivity index (χ2n) is 9.92. The molecule has 1 aliphatic rings. The van der Waals surface area contributed by atoms with Crippen molar-refractivity contribution in [3.05, 3.63) is 47.8 Å². The van der Waals surface area contributed by atoms with E-state index in [4.69, 9.17) is 9.47 Å². The molecule has 0 aliphatic carbocycles. The Morgan fingerprint density at radius 3 is 2.73 bits per heavy atom. The second kappa shape index (κ2) is 10.3. The van der Waals surface area contributed by atoms with Crippen LogP contribution in [-0.2, 0) is 9.84 Å². The first kappa shape index (κ1) is 25.5. The van der Waals surface area contributed by atoms with E-state index in [-0.39, 0.29) is 17.4 Å². The Hall–Kier alpha value is -3.18. The summed E-state index contributed by atoms with van der Waals surface area (Å²) in [5.74, 6) is 1.35. The van der Waals surface area contributed by atoms with Gasteiger partial charge in [-0.1, -0.05) is 0 Å². The van der Waals surface area contributed by atoms with Crippen LogP contribution in [-0.4, -0.2) is 71.1 Å². The van der Waals surface area contributed by atoms with Crippen molar-refractivity contribution >= 4 is 26.3 Å². The van der Waals surface area contributed by atoms with E-state index in [1.807, 2.05) is 13.8 Å². The van der Waals surface area contributed by atoms with Gasteiger partial charge in [-0.05, 0) is 70.3 Å². The summed E-state index contributed by atoms with van der Waals surface area (Å²) < 4.78 is 51.6. The number of nitrogens with one attached hydrogen (secondary N) is 1.